The molecule has 1 amide bonds. The number of guanidine groups is 1. The van der Waals surface area contributed by atoms with Gasteiger partial charge in [0.05, 0.1) is 17.1 Å². The van der Waals surface area contributed by atoms with Crippen LogP contribution in [0.25, 0.3) is 0 Å². The number of nitrogens with one attached hydrogen (secondary N) is 1. The molecule has 2 aromatic rings. The molecule has 0 bridgehead atoms. The number of hydrogen-bond acceptors (Lipinski definition) is 4. The number of carbonyl (C=O) groups excluding carboxylic acids is 1. The lowest BCUT2D eigenvalue weighted by Crippen LogP contribution is -2.54. The highest BCUT2D eigenvalue weighted by molar-refractivity contribution is 7.09. The van der Waals surface area contributed by atoms with Crippen molar-refractivity contribution in [3.05, 3.63) is 50.9 Å². The van der Waals surface area contributed by atoms with Gasteiger partial charge in [0.15, 0.2) is 5.96 Å². The van der Waals surface area contributed by atoms with Gasteiger partial charge in [-0.1, -0.05) is 23.7 Å². The van der Waals surface area contributed by atoms with Crippen molar-refractivity contribution in [1.82, 2.24) is 20.1 Å². The van der Waals surface area contributed by atoms with Gasteiger partial charge in [-0.3, -0.25) is 9.79 Å². The molecule has 29 heavy (non-hydrogen) atoms. The van der Waals surface area contributed by atoms with Gasteiger partial charge in [-0.15, -0.1) is 11.3 Å². The minimum absolute atomic E-state index is 0.146. The van der Waals surface area contributed by atoms with Crippen molar-refractivity contribution >= 4 is 34.8 Å². The third-order valence-corrected chi connectivity index (χ3v) is 5.86. The molecular formula is C21H28ClN5OS. The van der Waals surface area contributed by atoms with E-state index >= 15 is 0 Å². The third-order valence-electron chi connectivity index (χ3n) is 4.81. The third kappa shape index (κ3) is 6.44. The van der Waals surface area contributed by atoms with E-state index < -0.39 is 0 Å². The maximum Gasteiger partial charge on any atom is 0.227 e. The maximum atomic E-state index is 12.6. The largest absolute Gasteiger partial charge is 0.357 e. The molecule has 1 N–H and O–H groups in total. The topological polar surface area (TPSA) is 60.8 Å². The van der Waals surface area contributed by atoms with Crippen LogP contribution in [-0.4, -0.2) is 65.9 Å². The number of thiazole rings is 1. The zero-order valence-corrected chi connectivity index (χ0v) is 18.6. The van der Waals surface area contributed by atoms with Crippen molar-refractivity contribution in [3.8, 4) is 0 Å². The van der Waals surface area contributed by atoms with E-state index in [0.717, 1.165) is 48.3 Å². The number of carbonyl (C=O) groups is 1. The van der Waals surface area contributed by atoms with Crippen molar-refractivity contribution < 1.29 is 4.79 Å². The average Bonchev–Trinajstić information content (AvgIpc) is 3.12. The molecule has 2 heterocycles. The summed E-state index contributed by atoms with van der Waals surface area (Å²) in [4.78, 5) is 26.1. The highest BCUT2D eigenvalue weighted by Gasteiger charge is 2.23. The Balaban J connectivity index is 1.51. The average molecular weight is 434 g/mol. The van der Waals surface area contributed by atoms with Crippen LogP contribution in [0.3, 0.4) is 0 Å². The molecule has 3 rings (SSSR count). The molecule has 1 aliphatic heterocycles. The van der Waals surface area contributed by atoms with Crippen LogP contribution < -0.4 is 5.32 Å². The Labute approximate surface area is 181 Å². The van der Waals surface area contributed by atoms with Crippen LogP contribution in [0, 0.1) is 6.92 Å². The first-order valence-electron chi connectivity index (χ1n) is 10.0. The molecule has 6 nitrogen and oxygen atoms in total. The molecule has 1 aromatic heterocycles. The second-order valence-corrected chi connectivity index (χ2v) is 8.52. The molecule has 1 saturated heterocycles. The zero-order valence-electron chi connectivity index (χ0n) is 17.0. The molecule has 0 saturated carbocycles. The van der Waals surface area contributed by atoms with E-state index in [-0.39, 0.29) is 5.91 Å². The minimum atomic E-state index is 0.146. The quantitative estimate of drug-likeness (QED) is 0.562. The summed E-state index contributed by atoms with van der Waals surface area (Å²) in [5, 5.41) is 7.23. The summed E-state index contributed by atoms with van der Waals surface area (Å²) in [5.74, 6) is 1.06. The number of nitrogens with zero attached hydrogens (tertiary/aromatic N) is 4. The van der Waals surface area contributed by atoms with Crippen molar-refractivity contribution in [1.29, 1.82) is 0 Å². The van der Waals surface area contributed by atoms with Gasteiger partial charge in [-0.25, -0.2) is 4.98 Å². The zero-order chi connectivity index (χ0) is 20.6. The second-order valence-electron chi connectivity index (χ2n) is 7.02. The summed E-state index contributed by atoms with van der Waals surface area (Å²) in [7, 11) is 0. The fourth-order valence-electron chi connectivity index (χ4n) is 3.33. The Kier molecular flexibility index (Phi) is 7.89. The Morgan fingerprint density at radius 2 is 2.03 bits per heavy atom. The van der Waals surface area contributed by atoms with Crippen molar-refractivity contribution in [3.63, 3.8) is 0 Å². The van der Waals surface area contributed by atoms with Crippen LogP contribution in [0.2, 0.25) is 5.02 Å². The van der Waals surface area contributed by atoms with E-state index in [2.05, 4.69) is 27.5 Å². The molecule has 0 aliphatic carbocycles. The van der Waals surface area contributed by atoms with Crippen LogP contribution in [0.4, 0.5) is 0 Å². The number of amides is 1. The van der Waals surface area contributed by atoms with E-state index in [4.69, 9.17) is 16.6 Å². The Bertz CT molecular complexity index is 845. The van der Waals surface area contributed by atoms with Crippen LogP contribution in [0.5, 0.6) is 0 Å². The van der Waals surface area contributed by atoms with Gasteiger partial charge in [0, 0.05) is 56.1 Å². The van der Waals surface area contributed by atoms with Crippen molar-refractivity contribution in [2.75, 3.05) is 39.3 Å². The first-order valence-corrected chi connectivity index (χ1v) is 11.3. The Hall–Kier alpha value is -2.12. The summed E-state index contributed by atoms with van der Waals surface area (Å²) in [6.45, 7) is 8.59. The predicted octanol–water partition coefficient (Wildman–Crippen LogP) is 3.00. The normalized spacial score (nSPS) is 14.9. The Morgan fingerprint density at radius 1 is 1.28 bits per heavy atom. The van der Waals surface area contributed by atoms with E-state index in [1.54, 1.807) is 11.3 Å². The lowest BCUT2D eigenvalue weighted by atomic mass is 10.1. The molecule has 0 radical (unpaired) electrons. The van der Waals surface area contributed by atoms with Gasteiger partial charge in [0.25, 0.3) is 0 Å². The van der Waals surface area contributed by atoms with Crippen LogP contribution in [0.15, 0.2) is 34.6 Å². The minimum Gasteiger partial charge on any atom is -0.357 e. The predicted molar refractivity (Wildman–Crippen MR) is 120 cm³/mol. The maximum absolute atomic E-state index is 12.6. The standard InChI is InChI=1S/C21H28ClN5OS/c1-3-23-21(24-8-7-19-15-29-16(2)25-19)27-11-9-26(10-12-27)20(28)14-17-5-4-6-18(22)13-17/h4-6,13,15H,3,7-12,14H2,1-2H3,(H,23,24). The van der Waals surface area contributed by atoms with Gasteiger partial charge in [0.1, 0.15) is 0 Å². The molecule has 0 unspecified atom stereocenters. The lowest BCUT2D eigenvalue weighted by molar-refractivity contribution is -0.131. The molecule has 0 spiro atoms. The van der Waals surface area contributed by atoms with Crippen LogP contribution in [-0.2, 0) is 17.6 Å². The first kappa shape index (κ1) is 21.6. The number of rotatable bonds is 6. The van der Waals surface area contributed by atoms with Gasteiger partial charge in [-0.2, -0.15) is 0 Å². The van der Waals surface area contributed by atoms with Gasteiger partial charge in [0.2, 0.25) is 5.91 Å². The lowest BCUT2D eigenvalue weighted by Gasteiger charge is -2.36. The SMILES string of the molecule is CCNC(=NCCc1csc(C)n1)N1CCN(C(=O)Cc2cccc(Cl)c2)CC1. The van der Waals surface area contributed by atoms with Crippen LogP contribution in [0.1, 0.15) is 23.2 Å². The number of benzene rings is 1. The monoisotopic (exact) mass is 433 g/mol. The van der Waals surface area contributed by atoms with Gasteiger partial charge < -0.3 is 15.1 Å². The Morgan fingerprint density at radius 3 is 2.69 bits per heavy atom. The van der Waals surface area contributed by atoms with E-state index in [9.17, 15) is 4.79 Å². The molecule has 1 aromatic carbocycles. The molecule has 156 valence electrons. The summed E-state index contributed by atoms with van der Waals surface area (Å²) in [6.07, 6.45) is 1.24. The molecule has 8 heteroatoms. The number of halogens is 1. The first-order chi connectivity index (χ1) is 14.0. The van der Waals surface area contributed by atoms with E-state index in [0.29, 0.717) is 31.1 Å². The highest BCUT2D eigenvalue weighted by atomic mass is 35.5. The summed E-state index contributed by atoms with van der Waals surface area (Å²) in [5.41, 5.74) is 2.06. The molecule has 0 atom stereocenters. The summed E-state index contributed by atoms with van der Waals surface area (Å²) < 4.78 is 0. The van der Waals surface area contributed by atoms with Crippen LogP contribution >= 0.6 is 22.9 Å². The molecular weight excluding hydrogens is 406 g/mol. The van der Waals surface area contributed by atoms with Gasteiger partial charge >= 0.3 is 0 Å². The summed E-state index contributed by atoms with van der Waals surface area (Å²) in [6, 6.07) is 7.51. The number of hydrogen-bond donors (Lipinski definition) is 1. The van der Waals surface area contributed by atoms with E-state index in [1.165, 1.54) is 0 Å². The second kappa shape index (κ2) is 10.6. The fraction of sp³-hybridized carbons (Fsp3) is 0.476. The van der Waals surface area contributed by atoms with E-state index in [1.807, 2.05) is 36.1 Å². The smallest absolute Gasteiger partial charge is 0.227 e. The molecule has 1 fully saturated rings. The molecule has 1 aliphatic rings. The highest BCUT2D eigenvalue weighted by Crippen LogP contribution is 2.13. The van der Waals surface area contributed by atoms with Gasteiger partial charge in [-0.05, 0) is 31.5 Å². The number of aliphatic imine (C=N–C) groups is 1. The van der Waals surface area contributed by atoms with Crippen molar-refractivity contribution in [2.24, 2.45) is 4.99 Å². The number of aryl methyl sites for hydroxylation is 1. The number of piperazine rings is 1. The fourth-order valence-corrected chi connectivity index (χ4v) is 4.19. The summed E-state index contributed by atoms with van der Waals surface area (Å²) >= 11 is 7.70. The van der Waals surface area contributed by atoms with Crippen molar-refractivity contribution in [2.45, 2.75) is 26.7 Å². The number of aromatic nitrogens is 1.